The summed E-state index contributed by atoms with van der Waals surface area (Å²) in [5, 5.41) is 11.2. The van der Waals surface area contributed by atoms with Crippen molar-refractivity contribution in [3.63, 3.8) is 0 Å². The number of tetrazole rings is 1. The van der Waals surface area contributed by atoms with E-state index in [0.717, 1.165) is 36.2 Å². The van der Waals surface area contributed by atoms with Gasteiger partial charge in [-0.25, -0.2) is 14.6 Å². The van der Waals surface area contributed by atoms with E-state index in [9.17, 15) is 4.79 Å². The quantitative estimate of drug-likeness (QED) is 0.642. The Balaban J connectivity index is 1.45. The predicted octanol–water partition coefficient (Wildman–Crippen LogP) is 0.789. The van der Waals surface area contributed by atoms with Crippen molar-refractivity contribution in [1.29, 1.82) is 0 Å². The number of carbonyl (C=O) groups excluding carboxylic acids is 1. The summed E-state index contributed by atoms with van der Waals surface area (Å²) in [4.78, 5) is 28.0. The third-order valence-electron chi connectivity index (χ3n) is 4.87. The molecule has 1 aromatic carbocycles. The summed E-state index contributed by atoms with van der Waals surface area (Å²) in [5.74, 6) is 2.52. The van der Waals surface area contributed by atoms with Gasteiger partial charge in [-0.2, -0.15) is 0 Å². The minimum absolute atomic E-state index is 0.00687. The van der Waals surface area contributed by atoms with E-state index in [4.69, 9.17) is 0 Å². The molecule has 0 atom stereocenters. The number of amides is 1. The highest BCUT2D eigenvalue weighted by Gasteiger charge is 2.24. The summed E-state index contributed by atoms with van der Waals surface area (Å²) in [5.41, 5.74) is 1.38. The molecule has 4 rings (SSSR count). The van der Waals surface area contributed by atoms with Gasteiger partial charge in [0.25, 0.3) is 5.91 Å². The molecular weight excluding hydrogens is 370 g/mol. The highest BCUT2D eigenvalue weighted by molar-refractivity contribution is 5.95. The van der Waals surface area contributed by atoms with E-state index < -0.39 is 0 Å². The van der Waals surface area contributed by atoms with Gasteiger partial charge in [-0.1, -0.05) is 6.07 Å². The van der Waals surface area contributed by atoms with Crippen LogP contribution in [0.2, 0.25) is 0 Å². The van der Waals surface area contributed by atoms with Crippen LogP contribution in [0.15, 0.2) is 36.7 Å². The average Bonchev–Trinajstić information content (AvgIpc) is 3.28. The van der Waals surface area contributed by atoms with Crippen molar-refractivity contribution in [2.45, 2.75) is 6.92 Å². The first-order valence-corrected chi connectivity index (χ1v) is 9.42. The summed E-state index contributed by atoms with van der Waals surface area (Å²) in [6.45, 7) is 4.61. The summed E-state index contributed by atoms with van der Waals surface area (Å²) in [7, 11) is 3.93. The third-order valence-corrected chi connectivity index (χ3v) is 4.87. The number of aryl methyl sites for hydroxylation is 1. The third kappa shape index (κ3) is 4.00. The second kappa shape index (κ2) is 7.82. The van der Waals surface area contributed by atoms with Gasteiger partial charge < -0.3 is 14.7 Å². The van der Waals surface area contributed by atoms with E-state index in [1.807, 2.05) is 61.2 Å². The largest absolute Gasteiger partial charge is 0.363 e. The van der Waals surface area contributed by atoms with Crippen molar-refractivity contribution in [2.24, 2.45) is 0 Å². The zero-order valence-corrected chi connectivity index (χ0v) is 16.7. The number of piperazine rings is 1. The van der Waals surface area contributed by atoms with E-state index in [-0.39, 0.29) is 5.91 Å². The van der Waals surface area contributed by atoms with Crippen molar-refractivity contribution >= 4 is 17.5 Å². The number of rotatable bonds is 4. The van der Waals surface area contributed by atoms with Gasteiger partial charge in [0.15, 0.2) is 0 Å². The van der Waals surface area contributed by atoms with Gasteiger partial charge in [0.2, 0.25) is 0 Å². The highest BCUT2D eigenvalue weighted by Crippen LogP contribution is 2.20. The minimum Gasteiger partial charge on any atom is -0.363 e. The molecule has 3 aromatic rings. The van der Waals surface area contributed by atoms with Crippen LogP contribution in [0.3, 0.4) is 0 Å². The molecule has 0 unspecified atom stereocenters. The fourth-order valence-electron chi connectivity index (χ4n) is 3.31. The van der Waals surface area contributed by atoms with Crippen LogP contribution < -0.4 is 9.80 Å². The Hall–Kier alpha value is -3.56. The van der Waals surface area contributed by atoms with Crippen LogP contribution in [-0.4, -0.2) is 81.3 Å². The summed E-state index contributed by atoms with van der Waals surface area (Å²) in [6, 6.07) is 9.32. The molecule has 1 saturated heterocycles. The van der Waals surface area contributed by atoms with E-state index in [1.165, 1.54) is 11.0 Å². The van der Waals surface area contributed by atoms with Crippen LogP contribution in [0.25, 0.3) is 5.69 Å². The lowest BCUT2D eigenvalue weighted by Crippen LogP contribution is -2.49. The molecule has 0 N–H and O–H groups in total. The topological polar surface area (TPSA) is 96.2 Å². The molecule has 1 fully saturated rings. The maximum Gasteiger partial charge on any atom is 0.254 e. The molecule has 3 heterocycles. The Morgan fingerprint density at radius 2 is 1.86 bits per heavy atom. The van der Waals surface area contributed by atoms with Crippen LogP contribution in [-0.2, 0) is 0 Å². The van der Waals surface area contributed by atoms with E-state index >= 15 is 0 Å². The normalized spacial score (nSPS) is 14.2. The first-order valence-electron chi connectivity index (χ1n) is 9.42. The molecule has 150 valence electrons. The summed E-state index contributed by atoms with van der Waals surface area (Å²) >= 11 is 0. The number of anilines is 2. The Morgan fingerprint density at radius 3 is 2.55 bits per heavy atom. The van der Waals surface area contributed by atoms with Gasteiger partial charge in [-0.05, 0) is 35.5 Å². The molecule has 0 saturated carbocycles. The molecule has 10 nitrogen and oxygen atoms in total. The molecule has 0 aliphatic carbocycles. The van der Waals surface area contributed by atoms with Crippen LogP contribution in [0.4, 0.5) is 11.6 Å². The van der Waals surface area contributed by atoms with Crippen molar-refractivity contribution in [1.82, 2.24) is 35.1 Å². The smallest absolute Gasteiger partial charge is 0.254 e. The van der Waals surface area contributed by atoms with Crippen LogP contribution in [0, 0.1) is 6.92 Å². The number of hydrogen-bond donors (Lipinski definition) is 0. The van der Waals surface area contributed by atoms with E-state index in [0.29, 0.717) is 18.7 Å². The lowest BCUT2D eigenvalue weighted by Gasteiger charge is -2.35. The Morgan fingerprint density at radius 1 is 1.07 bits per heavy atom. The molecule has 2 aromatic heterocycles. The van der Waals surface area contributed by atoms with Crippen molar-refractivity contribution in [3.8, 4) is 5.69 Å². The molecule has 0 radical (unpaired) electrons. The maximum atomic E-state index is 13.0. The van der Waals surface area contributed by atoms with E-state index in [2.05, 4.69) is 30.4 Å². The van der Waals surface area contributed by atoms with Gasteiger partial charge in [0.1, 0.15) is 23.8 Å². The summed E-state index contributed by atoms with van der Waals surface area (Å²) < 4.78 is 1.54. The first kappa shape index (κ1) is 18.8. The lowest BCUT2D eigenvalue weighted by atomic mass is 10.1. The standard InChI is InChI=1S/C19H23N9O/c1-14-21-17(25(2)3)12-18(22-14)26-7-9-27(10-8-26)19(29)15-5-4-6-16(11-15)28-13-20-23-24-28/h4-6,11-13H,7-10H2,1-3H3. The maximum absolute atomic E-state index is 13.0. The molecule has 0 spiro atoms. The second-order valence-corrected chi connectivity index (χ2v) is 7.11. The van der Waals surface area contributed by atoms with Gasteiger partial charge >= 0.3 is 0 Å². The monoisotopic (exact) mass is 393 g/mol. The van der Waals surface area contributed by atoms with E-state index in [1.54, 1.807) is 0 Å². The fourth-order valence-corrected chi connectivity index (χ4v) is 3.31. The molecule has 29 heavy (non-hydrogen) atoms. The van der Waals surface area contributed by atoms with Crippen LogP contribution in [0.1, 0.15) is 16.2 Å². The number of carbonyl (C=O) groups is 1. The Bertz CT molecular complexity index is 995. The number of benzene rings is 1. The van der Waals surface area contributed by atoms with Gasteiger partial charge in [-0.3, -0.25) is 4.79 Å². The minimum atomic E-state index is 0.00687. The Kier molecular flexibility index (Phi) is 5.07. The number of aromatic nitrogens is 6. The van der Waals surface area contributed by atoms with Gasteiger partial charge in [0, 0.05) is 51.9 Å². The molecular formula is C19H23N9O. The lowest BCUT2D eigenvalue weighted by molar-refractivity contribution is 0.0746. The van der Waals surface area contributed by atoms with Crippen molar-refractivity contribution in [3.05, 3.63) is 48.0 Å². The highest BCUT2D eigenvalue weighted by atomic mass is 16.2. The molecule has 10 heteroatoms. The van der Waals surface area contributed by atoms with Gasteiger partial charge in [0.05, 0.1) is 5.69 Å². The van der Waals surface area contributed by atoms with Crippen LogP contribution >= 0.6 is 0 Å². The molecule has 1 aliphatic rings. The summed E-state index contributed by atoms with van der Waals surface area (Å²) in [6.07, 6.45) is 1.51. The zero-order chi connectivity index (χ0) is 20.4. The van der Waals surface area contributed by atoms with Crippen molar-refractivity contribution in [2.75, 3.05) is 50.1 Å². The number of hydrogen-bond acceptors (Lipinski definition) is 8. The van der Waals surface area contributed by atoms with Crippen LogP contribution in [0.5, 0.6) is 0 Å². The Labute approximate surface area is 168 Å². The molecule has 0 bridgehead atoms. The second-order valence-electron chi connectivity index (χ2n) is 7.11. The SMILES string of the molecule is Cc1nc(N(C)C)cc(N2CCN(C(=O)c3cccc(-n4cnnn4)c3)CC2)n1. The first-order chi connectivity index (χ1) is 14.0. The molecule has 1 amide bonds. The van der Waals surface area contributed by atoms with Gasteiger partial charge in [-0.15, -0.1) is 5.10 Å². The molecule has 1 aliphatic heterocycles. The predicted molar refractivity (Wildman–Crippen MR) is 108 cm³/mol. The number of nitrogens with zero attached hydrogens (tertiary/aromatic N) is 9. The average molecular weight is 393 g/mol. The zero-order valence-electron chi connectivity index (χ0n) is 16.7. The fraction of sp³-hybridized carbons (Fsp3) is 0.368. The van der Waals surface area contributed by atoms with Crippen molar-refractivity contribution < 1.29 is 4.79 Å².